The summed E-state index contributed by atoms with van der Waals surface area (Å²) in [5.41, 5.74) is 2.31. The first-order chi connectivity index (χ1) is 17.4. The summed E-state index contributed by atoms with van der Waals surface area (Å²) in [6.45, 7) is 2.86. The van der Waals surface area contributed by atoms with Crippen LogP contribution in [0.4, 0.5) is 11.4 Å². The van der Waals surface area contributed by atoms with Crippen molar-refractivity contribution in [3.63, 3.8) is 0 Å². The van der Waals surface area contributed by atoms with Gasteiger partial charge in [0.1, 0.15) is 11.0 Å². The average molecular weight is 542 g/mol. The Bertz CT molecular complexity index is 1250. The summed E-state index contributed by atoms with van der Waals surface area (Å²) in [7, 11) is 0. The molecule has 1 fully saturated rings. The van der Waals surface area contributed by atoms with Crippen LogP contribution in [0.3, 0.4) is 0 Å². The van der Waals surface area contributed by atoms with Gasteiger partial charge in [0.15, 0.2) is 5.17 Å². The molecule has 0 saturated carbocycles. The number of nitrogens with zero attached hydrogens (tertiary/aromatic N) is 2. The summed E-state index contributed by atoms with van der Waals surface area (Å²) in [5.74, 6) is 0.253. The van der Waals surface area contributed by atoms with E-state index in [1.807, 2.05) is 43.3 Å². The van der Waals surface area contributed by atoms with Gasteiger partial charge in [-0.05, 0) is 67.4 Å². The fourth-order valence-electron chi connectivity index (χ4n) is 3.63. The Morgan fingerprint density at radius 2 is 1.78 bits per heavy atom. The second kappa shape index (κ2) is 12.3. The van der Waals surface area contributed by atoms with Gasteiger partial charge in [-0.2, -0.15) is 0 Å². The van der Waals surface area contributed by atoms with E-state index in [1.165, 1.54) is 11.8 Å². The molecule has 1 atom stereocenters. The van der Waals surface area contributed by atoms with E-state index in [-0.39, 0.29) is 18.2 Å². The first-order valence-electron chi connectivity index (χ1n) is 11.5. The smallest absolute Gasteiger partial charge is 0.238 e. The number of amides is 2. The van der Waals surface area contributed by atoms with Crippen molar-refractivity contribution >= 4 is 63.3 Å². The van der Waals surface area contributed by atoms with Crippen molar-refractivity contribution in [2.75, 3.05) is 18.5 Å². The molecule has 1 heterocycles. The molecular weight excluding hydrogens is 517 g/mol. The molecule has 0 radical (unpaired) electrons. The van der Waals surface area contributed by atoms with E-state index in [0.29, 0.717) is 51.9 Å². The van der Waals surface area contributed by atoms with Gasteiger partial charge in [0, 0.05) is 34.8 Å². The topological polar surface area (TPSA) is 71.0 Å². The quantitative estimate of drug-likeness (QED) is 0.349. The molecule has 0 bridgehead atoms. The van der Waals surface area contributed by atoms with Gasteiger partial charge in [-0.3, -0.25) is 14.5 Å². The van der Waals surface area contributed by atoms with Gasteiger partial charge in [0.25, 0.3) is 0 Å². The summed E-state index contributed by atoms with van der Waals surface area (Å²) in [6, 6.07) is 21.8. The Balaban J connectivity index is 1.53. The van der Waals surface area contributed by atoms with Crippen LogP contribution >= 0.6 is 35.0 Å². The lowest BCUT2D eigenvalue weighted by Crippen LogP contribution is -2.46. The van der Waals surface area contributed by atoms with E-state index < -0.39 is 5.25 Å². The highest BCUT2D eigenvalue weighted by Gasteiger charge is 2.35. The van der Waals surface area contributed by atoms with E-state index in [2.05, 4.69) is 5.32 Å². The Labute approximate surface area is 224 Å². The normalized spacial score (nSPS) is 16.8. The lowest BCUT2D eigenvalue weighted by Gasteiger charge is -2.32. The molecule has 1 unspecified atom stereocenters. The number of ether oxygens (including phenoxy) is 1. The molecule has 1 N–H and O–H groups in total. The number of amidine groups is 1. The highest BCUT2D eigenvalue weighted by Crippen LogP contribution is 2.31. The summed E-state index contributed by atoms with van der Waals surface area (Å²) in [5, 5.41) is 4.02. The Kier molecular flexibility index (Phi) is 8.91. The zero-order chi connectivity index (χ0) is 25.5. The van der Waals surface area contributed by atoms with Crippen LogP contribution in [0.5, 0.6) is 5.75 Å². The second-order valence-electron chi connectivity index (χ2n) is 8.05. The first-order valence-corrected chi connectivity index (χ1v) is 13.1. The zero-order valence-electron chi connectivity index (χ0n) is 19.6. The van der Waals surface area contributed by atoms with Crippen LogP contribution in [-0.2, 0) is 16.0 Å². The van der Waals surface area contributed by atoms with E-state index in [1.54, 1.807) is 41.3 Å². The van der Waals surface area contributed by atoms with E-state index in [4.69, 9.17) is 32.9 Å². The van der Waals surface area contributed by atoms with Crippen LogP contribution in [0.25, 0.3) is 0 Å². The van der Waals surface area contributed by atoms with Crippen molar-refractivity contribution in [1.29, 1.82) is 0 Å². The van der Waals surface area contributed by atoms with Gasteiger partial charge >= 0.3 is 0 Å². The fraction of sp³-hybridized carbons (Fsp3) is 0.222. The average Bonchev–Trinajstić information content (AvgIpc) is 2.86. The third-order valence-electron chi connectivity index (χ3n) is 5.43. The third kappa shape index (κ3) is 7.03. The van der Waals surface area contributed by atoms with Crippen LogP contribution in [0.2, 0.25) is 10.0 Å². The van der Waals surface area contributed by atoms with E-state index >= 15 is 0 Å². The number of rotatable bonds is 8. The molecule has 4 rings (SSSR count). The fourth-order valence-corrected chi connectivity index (χ4v) is 5.01. The standard InChI is InChI=1S/C27H25Cl2N3O3S/c1-2-35-23-5-3-4-22(16-23)30-26(34)24-17-25(33)32(15-14-18-6-8-19(28)9-7-18)27(36-24)31-21-12-10-20(29)11-13-21/h3-13,16,24H,2,14-15,17H2,1H3,(H,30,34). The minimum absolute atomic E-state index is 0.0713. The number of hydrogen-bond donors (Lipinski definition) is 1. The number of thioether (sulfide) groups is 1. The molecule has 9 heteroatoms. The lowest BCUT2D eigenvalue weighted by molar-refractivity contribution is -0.129. The van der Waals surface area contributed by atoms with Crippen molar-refractivity contribution < 1.29 is 14.3 Å². The predicted octanol–water partition coefficient (Wildman–Crippen LogP) is 6.60. The second-order valence-corrected chi connectivity index (χ2v) is 10.1. The van der Waals surface area contributed by atoms with E-state index in [0.717, 1.165) is 5.56 Å². The molecule has 0 aromatic heterocycles. The van der Waals surface area contributed by atoms with Crippen LogP contribution in [0.1, 0.15) is 18.9 Å². The summed E-state index contributed by atoms with van der Waals surface area (Å²) in [6.07, 6.45) is 0.700. The van der Waals surface area contributed by atoms with Crippen LogP contribution in [0.15, 0.2) is 77.8 Å². The van der Waals surface area contributed by atoms with Crippen LogP contribution in [0, 0.1) is 0 Å². The molecule has 1 saturated heterocycles. The Morgan fingerprint density at radius 3 is 2.47 bits per heavy atom. The molecule has 3 aromatic carbocycles. The van der Waals surface area contributed by atoms with Gasteiger partial charge in [-0.15, -0.1) is 0 Å². The molecular formula is C27H25Cl2N3O3S. The number of anilines is 1. The summed E-state index contributed by atoms with van der Waals surface area (Å²) in [4.78, 5) is 32.7. The zero-order valence-corrected chi connectivity index (χ0v) is 21.9. The molecule has 36 heavy (non-hydrogen) atoms. The molecule has 2 amide bonds. The maximum absolute atomic E-state index is 13.2. The highest BCUT2D eigenvalue weighted by atomic mass is 35.5. The molecule has 1 aliphatic heterocycles. The molecule has 3 aromatic rings. The number of nitrogens with one attached hydrogen (secondary N) is 1. The lowest BCUT2D eigenvalue weighted by atomic mass is 10.1. The van der Waals surface area contributed by atoms with Crippen molar-refractivity contribution in [3.05, 3.63) is 88.4 Å². The minimum atomic E-state index is -0.619. The van der Waals surface area contributed by atoms with Gasteiger partial charge in [-0.25, -0.2) is 4.99 Å². The molecule has 1 aliphatic rings. The maximum atomic E-state index is 13.2. The molecule has 186 valence electrons. The van der Waals surface area contributed by atoms with Gasteiger partial charge in [-0.1, -0.05) is 53.2 Å². The SMILES string of the molecule is CCOc1cccc(NC(=O)C2CC(=O)N(CCc3ccc(Cl)cc3)C(=Nc3ccc(Cl)cc3)S2)c1. The van der Waals surface area contributed by atoms with Crippen LogP contribution in [-0.4, -0.2) is 40.3 Å². The number of carbonyl (C=O) groups excluding carboxylic acids is 2. The van der Waals surface area contributed by atoms with Crippen molar-refractivity contribution in [1.82, 2.24) is 4.90 Å². The Morgan fingerprint density at radius 1 is 1.08 bits per heavy atom. The maximum Gasteiger partial charge on any atom is 0.238 e. The van der Waals surface area contributed by atoms with Gasteiger partial charge in [0.2, 0.25) is 11.8 Å². The third-order valence-corrected chi connectivity index (χ3v) is 7.13. The number of halogens is 2. The van der Waals surface area contributed by atoms with Gasteiger partial charge < -0.3 is 10.1 Å². The predicted molar refractivity (Wildman–Crippen MR) is 148 cm³/mol. The van der Waals surface area contributed by atoms with E-state index in [9.17, 15) is 9.59 Å². The minimum Gasteiger partial charge on any atom is -0.494 e. The van der Waals surface area contributed by atoms with Crippen molar-refractivity contribution in [2.24, 2.45) is 4.99 Å². The highest BCUT2D eigenvalue weighted by molar-refractivity contribution is 8.15. The Hall–Kier alpha value is -3.00. The number of aliphatic imine (C=N–C) groups is 1. The monoisotopic (exact) mass is 541 g/mol. The van der Waals surface area contributed by atoms with Crippen molar-refractivity contribution in [3.8, 4) is 5.75 Å². The van der Waals surface area contributed by atoms with Gasteiger partial charge in [0.05, 0.1) is 12.3 Å². The largest absolute Gasteiger partial charge is 0.494 e. The van der Waals surface area contributed by atoms with Crippen molar-refractivity contribution in [2.45, 2.75) is 25.0 Å². The molecule has 0 spiro atoms. The summed E-state index contributed by atoms with van der Waals surface area (Å²) >= 11 is 13.3. The van der Waals surface area contributed by atoms with Crippen LogP contribution < -0.4 is 10.1 Å². The number of hydrogen-bond acceptors (Lipinski definition) is 5. The molecule has 0 aliphatic carbocycles. The molecule has 6 nitrogen and oxygen atoms in total. The first kappa shape index (κ1) is 26.1. The number of benzene rings is 3. The number of carbonyl (C=O) groups is 2. The summed E-state index contributed by atoms with van der Waals surface area (Å²) < 4.78 is 5.51.